The molecule has 0 radical (unpaired) electrons. The Labute approximate surface area is 239 Å². The van der Waals surface area contributed by atoms with E-state index in [0.29, 0.717) is 35.6 Å². The lowest BCUT2D eigenvalue weighted by Crippen LogP contribution is -2.55. The van der Waals surface area contributed by atoms with E-state index >= 15 is 0 Å². The molecule has 3 aromatic carbocycles. The number of fused-ring (bicyclic) bond motifs is 1. The molecule has 4 aromatic rings. The summed E-state index contributed by atoms with van der Waals surface area (Å²) in [5.74, 6) is -2.02. The van der Waals surface area contributed by atoms with Gasteiger partial charge in [-0.2, -0.15) is 0 Å². The highest BCUT2D eigenvalue weighted by atomic mass is 16.5. The fraction of sp³-hybridized carbons (Fsp3) is 0.233. The van der Waals surface area contributed by atoms with E-state index in [9.17, 15) is 24.3 Å². The molecule has 2 atom stereocenters. The largest absolute Gasteiger partial charge is 0.439 e. The summed E-state index contributed by atoms with van der Waals surface area (Å²) < 4.78 is 10.0. The van der Waals surface area contributed by atoms with Crippen LogP contribution in [0.1, 0.15) is 21.5 Å². The van der Waals surface area contributed by atoms with E-state index in [1.54, 1.807) is 53.4 Å². The zero-order valence-electron chi connectivity index (χ0n) is 22.4. The molecule has 42 heavy (non-hydrogen) atoms. The standard InChI is InChI=1S/C30H27N5O7/c36-24(27(37)31-22-10-8-19(9-11-22)26-32-30(40)42-33-26)25-29(39)35(14-15-41-25)23-7-3-6-20(16-23)28(38)34-13-12-18-4-1-2-5-21(18)17-34/h1-11,16,24-25,36H,12-15,17H2,(H,31,37)(H,32,33,40). The number of morpholine rings is 1. The molecule has 3 N–H and O–H groups in total. The van der Waals surface area contributed by atoms with Gasteiger partial charge < -0.3 is 25.0 Å². The second kappa shape index (κ2) is 11.4. The van der Waals surface area contributed by atoms with E-state index in [0.717, 1.165) is 12.0 Å². The lowest BCUT2D eigenvalue weighted by atomic mass is 9.99. The summed E-state index contributed by atoms with van der Waals surface area (Å²) in [6.45, 7) is 1.40. The molecule has 214 valence electrons. The molecular weight excluding hydrogens is 542 g/mol. The highest BCUT2D eigenvalue weighted by molar-refractivity contribution is 6.04. The highest BCUT2D eigenvalue weighted by Crippen LogP contribution is 2.25. The van der Waals surface area contributed by atoms with Gasteiger partial charge in [0.15, 0.2) is 18.0 Å². The molecule has 3 heterocycles. The number of anilines is 2. The maximum Gasteiger partial charge on any atom is 0.439 e. The van der Waals surface area contributed by atoms with Crippen molar-refractivity contribution >= 4 is 29.1 Å². The molecule has 0 spiro atoms. The number of ether oxygens (including phenoxy) is 1. The number of amides is 3. The van der Waals surface area contributed by atoms with Gasteiger partial charge in [0, 0.05) is 42.1 Å². The second-order valence-corrected chi connectivity index (χ2v) is 10.0. The molecule has 1 aromatic heterocycles. The van der Waals surface area contributed by atoms with Gasteiger partial charge in [0.05, 0.1) is 6.61 Å². The molecule has 3 amide bonds. The number of carbonyl (C=O) groups excluding carboxylic acids is 3. The van der Waals surface area contributed by atoms with Crippen LogP contribution in [0.25, 0.3) is 11.4 Å². The summed E-state index contributed by atoms with van der Waals surface area (Å²) in [4.78, 5) is 56.3. The monoisotopic (exact) mass is 569 g/mol. The minimum atomic E-state index is -1.79. The Bertz CT molecular complexity index is 1700. The number of hydrogen-bond acceptors (Lipinski definition) is 8. The number of aromatic amines is 1. The quantitative estimate of drug-likeness (QED) is 0.318. The fourth-order valence-corrected chi connectivity index (χ4v) is 5.17. The fourth-order valence-electron chi connectivity index (χ4n) is 5.17. The van der Waals surface area contributed by atoms with Crippen LogP contribution in [0.4, 0.5) is 11.4 Å². The third-order valence-corrected chi connectivity index (χ3v) is 7.37. The predicted molar refractivity (Wildman–Crippen MR) is 151 cm³/mol. The van der Waals surface area contributed by atoms with Crippen LogP contribution in [0.2, 0.25) is 0 Å². The Kier molecular flexibility index (Phi) is 7.38. The number of aliphatic hydroxyl groups is 1. The van der Waals surface area contributed by atoms with Crippen molar-refractivity contribution in [1.29, 1.82) is 0 Å². The van der Waals surface area contributed by atoms with Crippen molar-refractivity contribution in [3.05, 3.63) is 100 Å². The van der Waals surface area contributed by atoms with Gasteiger partial charge in [-0.15, -0.1) is 0 Å². The summed E-state index contributed by atoms with van der Waals surface area (Å²) in [6.07, 6.45) is -2.45. The Morgan fingerprint density at radius 1 is 1.00 bits per heavy atom. The van der Waals surface area contributed by atoms with Crippen LogP contribution in [0, 0.1) is 0 Å². The zero-order chi connectivity index (χ0) is 29.2. The first-order valence-corrected chi connectivity index (χ1v) is 13.4. The first kappa shape index (κ1) is 27.1. The van der Waals surface area contributed by atoms with Gasteiger partial charge >= 0.3 is 5.76 Å². The number of rotatable bonds is 6. The van der Waals surface area contributed by atoms with Crippen LogP contribution < -0.4 is 16.0 Å². The normalized spacial score (nSPS) is 17.5. The number of nitrogens with one attached hydrogen (secondary N) is 2. The van der Waals surface area contributed by atoms with E-state index < -0.39 is 29.8 Å². The van der Waals surface area contributed by atoms with Crippen molar-refractivity contribution < 1.29 is 28.8 Å². The number of H-pyrrole nitrogens is 1. The molecule has 1 saturated heterocycles. The molecule has 12 heteroatoms. The Balaban J connectivity index is 1.12. The summed E-state index contributed by atoms with van der Waals surface area (Å²) in [7, 11) is 0. The van der Waals surface area contributed by atoms with Crippen LogP contribution in [0.3, 0.4) is 0 Å². The van der Waals surface area contributed by atoms with Crippen molar-refractivity contribution in [3.63, 3.8) is 0 Å². The Hall–Kier alpha value is -5.07. The van der Waals surface area contributed by atoms with Gasteiger partial charge in [0.2, 0.25) is 0 Å². The van der Waals surface area contributed by atoms with Gasteiger partial charge in [0.25, 0.3) is 17.7 Å². The SMILES string of the molecule is O=C(Nc1ccc(-c2noc(=O)[nH]2)cc1)C(O)C1OCCN(c2cccc(C(=O)N3CCc4ccccc4C3)c2)C1=O. The predicted octanol–water partition coefficient (Wildman–Crippen LogP) is 1.96. The van der Waals surface area contributed by atoms with Crippen molar-refractivity contribution in [1.82, 2.24) is 15.0 Å². The van der Waals surface area contributed by atoms with E-state index in [1.807, 2.05) is 18.2 Å². The van der Waals surface area contributed by atoms with E-state index in [2.05, 4.69) is 26.0 Å². The number of aliphatic hydroxyl groups excluding tert-OH is 1. The first-order chi connectivity index (χ1) is 20.4. The molecule has 1 fully saturated rings. The van der Waals surface area contributed by atoms with Crippen LogP contribution in [0.5, 0.6) is 0 Å². The molecule has 2 aliphatic heterocycles. The number of benzene rings is 3. The zero-order valence-corrected chi connectivity index (χ0v) is 22.4. The molecule has 0 aliphatic carbocycles. The topological polar surface area (TPSA) is 158 Å². The Morgan fingerprint density at radius 2 is 1.79 bits per heavy atom. The maximum absolute atomic E-state index is 13.4. The van der Waals surface area contributed by atoms with Crippen molar-refractivity contribution in [2.45, 2.75) is 25.2 Å². The molecule has 0 saturated carbocycles. The molecule has 2 aliphatic rings. The van der Waals surface area contributed by atoms with Gasteiger partial charge in [-0.05, 0) is 60.0 Å². The average molecular weight is 570 g/mol. The van der Waals surface area contributed by atoms with Gasteiger partial charge in [-0.25, -0.2) is 4.79 Å². The van der Waals surface area contributed by atoms with Crippen molar-refractivity contribution in [3.8, 4) is 11.4 Å². The van der Waals surface area contributed by atoms with Gasteiger partial charge in [-0.1, -0.05) is 35.5 Å². The van der Waals surface area contributed by atoms with Gasteiger partial charge in [-0.3, -0.25) is 23.9 Å². The van der Waals surface area contributed by atoms with Crippen LogP contribution in [-0.2, 0) is 27.3 Å². The Morgan fingerprint density at radius 3 is 2.55 bits per heavy atom. The molecule has 6 rings (SSSR count). The van der Waals surface area contributed by atoms with Gasteiger partial charge in [0.1, 0.15) is 0 Å². The van der Waals surface area contributed by atoms with Crippen LogP contribution in [-0.4, -0.2) is 69.8 Å². The molecular formula is C30H27N5O7. The van der Waals surface area contributed by atoms with Crippen LogP contribution in [0.15, 0.2) is 82.1 Å². The van der Waals surface area contributed by atoms with Crippen molar-refractivity contribution in [2.75, 3.05) is 29.9 Å². The molecule has 0 bridgehead atoms. The minimum Gasteiger partial charge on any atom is -0.380 e. The summed E-state index contributed by atoms with van der Waals surface area (Å²) in [5.41, 5.74) is 4.18. The molecule has 12 nitrogen and oxygen atoms in total. The van der Waals surface area contributed by atoms with E-state index in [4.69, 9.17) is 4.74 Å². The number of hydrogen-bond donors (Lipinski definition) is 3. The van der Waals surface area contributed by atoms with Crippen molar-refractivity contribution in [2.24, 2.45) is 0 Å². The van der Waals surface area contributed by atoms with E-state index in [1.165, 1.54) is 10.5 Å². The van der Waals surface area contributed by atoms with E-state index in [-0.39, 0.29) is 24.9 Å². The number of aromatic nitrogens is 2. The number of carbonyl (C=O) groups is 3. The maximum atomic E-state index is 13.4. The highest BCUT2D eigenvalue weighted by Gasteiger charge is 2.39. The molecule has 2 unspecified atom stereocenters. The summed E-state index contributed by atoms with van der Waals surface area (Å²) >= 11 is 0. The van der Waals surface area contributed by atoms with Crippen LogP contribution >= 0.6 is 0 Å². The lowest BCUT2D eigenvalue weighted by molar-refractivity contribution is -0.150. The number of nitrogens with zero attached hydrogens (tertiary/aromatic N) is 3. The summed E-state index contributed by atoms with van der Waals surface area (Å²) in [5, 5.41) is 16.9. The second-order valence-electron chi connectivity index (χ2n) is 10.0. The first-order valence-electron chi connectivity index (χ1n) is 13.4. The minimum absolute atomic E-state index is 0.0897. The summed E-state index contributed by atoms with van der Waals surface area (Å²) in [6, 6.07) is 21.1. The third-order valence-electron chi connectivity index (χ3n) is 7.37. The smallest absolute Gasteiger partial charge is 0.380 e. The average Bonchev–Trinajstić information content (AvgIpc) is 3.46. The third kappa shape index (κ3) is 5.45. The lowest BCUT2D eigenvalue weighted by Gasteiger charge is -2.34.